The molecule has 0 bridgehead atoms. The van der Waals surface area contributed by atoms with Crippen molar-refractivity contribution in [1.82, 2.24) is 4.57 Å². The summed E-state index contributed by atoms with van der Waals surface area (Å²) in [4.78, 5) is 11.3. The number of pyridine rings is 1. The fraction of sp³-hybridized carbons (Fsp3) is 0.267. The van der Waals surface area contributed by atoms with Crippen molar-refractivity contribution in [3.05, 3.63) is 58.0 Å². The van der Waals surface area contributed by atoms with Gasteiger partial charge in [0.25, 0.3) is 0 Å². The molecule has 106 valence electrons. The Labute approximate surface area is 116 Å². The molecule has 0 saturated carbocycles. The minimum atomic E-state index is -0.799. The molecule has 1 aromatic carbocycles. The molecule has 0 fully saturated rings. The average molecular weight is 275 g/mol. The second-order valence-electron chi connectivity index (χ2n) is 4.52. The number of aliphatic hydroxyl groups excluding tert-OH is 1. The lowest BCUT2D eigenvalue weighted by molar-refractivity contribution is 0.151. The Kier molecular flexibility index (Phi) is 4.10. The van der Waals surface area contributed by atoms with E-state index in [0.29, 0.717) is 17.0 Å². The Morgan fingerprint density at radius 3 is 2.70 bits per heavy atom. The van der Waals surface area contributed by atoms with Gasteiger partial charge in [-0.3, -0.25) is 4.79 Å². The minimum Gasteiger partial charge on any atom is -0.503 e. The minimum absolute atomic E-state index is 0.222. The predicted molar refractivity (Wildman–Crippen MR) is 75.1 cm³/mol. The molecule has 2 rings (SSSR count). The number of aliphatic hydroxyl groups is 1. The van der Waals surface area contributed by atoms with Crippen molar-refractivity contribution < 1.29 is 14.9 Å². The SMILES string of the molecule is COc1ccccc1[C@H](O)Cn1ccc(=O)c(O)c1C. The van der Waals surface area contributed by atoms with Gasteiger partial charge in [0.1, 0.15) is 11.9 Å². The van der Waals surface area contributed by atoms with Crippen LogP contribution in [0.3, 0.4) is 0 Å². The predicted octanol–water partition coefficient (Wildman–Crippen LogP) is 1.60. The summed E-state index contributed by atoms with van der Waals surface area (Å²) in [6, 6.07) is 8.47. The summed E-state index contributed by atoms with van der Waals surface area (Å²) in [5, 5.41) is 19.9. The number of aromatic hydroxyl groups is 1. The van der Waals surface area contributed by atoms with Crippen molar-refractivity contribution in [3.8, 4) is 11.5 Å². The Hall–Kier alpha value is -2.27. The van der Waals surface area contributed by atoms with Gasteiger partial charge in [-0.15, -0.1) is 0 Å². The number of hydrogen-bond acceptors (Lipinski definition) is 4. The van der Waals surface area contributed by atoms with Gasteiger partial charge in [-0.2, -0.15) is 0 Å². The van der Waals surface area contributed by atoms with E-state index in [-0.39, 0.29) is 12.3 Å². The molecule has 0 radical (unpaired) electrons. The van der Waals surface area contributed by atoms with E-state index in [1.54, 1.807) is 36.9 Å². The number of benzene rings is 1. The molecule has 5 nitrogen and oxygen atoms in total. The summed E-state index contributed by atoms with van der Waals surface area (Å²) in [6.45, 7) is 1.85. The third-order valence-corrected chi connectivity index (χ3v) is 3.28. The summed E-state index contributed by atoms with van der Waals surface area (Å²) >= 11 is 0. The summed E-state index contributed by atoms with van der Waals surface area (Å²) < 4.78 is 6.84. The molecule has 0 saturated heterocycles. The van der Waals surface area contributed by atoms with Crippen LogP contribution in [0.25, 0.3) is 0 Å². The van der Waals surface area contributed by atoms with E-state index < -0.39 is 11.5 Å². The van der Waals surface area contributed by atoms with Gasteiger partial charge < -0.3 is 19.5 Å². The second kappa shape index (κ2) is 5.79. The van der Waals surface area contributed by atoms with Crippen molar-refractivity contribution >= 4 is 0 Å². The van der Waals surface area contributed by atoms with Crippen LogP contribution in [0.15, 0.2) is 41.3 Å². The first-order valence-corrected chi connectivity index (χ1v) is 6.24. The highest BCUT2D eigenvalue weighted by molar-refractivity contribution is 5.35. The molecule has 0 aliphatic heterocycles. The zero-order valence-electron chi connectivity index (χ0n) is 11.4. The average Bonchev–Trinajstić information content (AvgIpc) is 2.47. The zero-order valence-corrected chi connectivity index (χ0v) is 11.4. The molecule has 2 N–H and O–H groups in total. The normalized spacial score (nSPS) is 12.2. The van der Waals surface area contributed by atoms with E-state index >= 15 is 0 Å². The smallest absolute Gasteiger partial charge is 0.223 e. The van der Waals surface area contributed by atoms with Gasteiger partial charge in [-0.05, 0) is 13.0 Å². The molecule has 0 unspecified atom stereocenters. The topological polar surface area (TPSA) is 71.7 Å². The monoisotopic (exact) mass is 275 g/mol. The van der Waals surface area contributed by atoms with Crippen LogP contribution < -0.4 is 10.2 Å². The zero-order chi connectivity index (χ0) is 14.7. The van der Waals surface area contributed by atoms with E-state index in [1.165, 1.54) is 6.07 Å². The lowest BCUT2D eigenvalue weighted by Crippen LogP contribution is -2.15. The molecule has 1 aromatic heterocycles. The molecular weight excluding hydrogens is 258 g/mol. The molecule has 0 aliphatic rings. The van der Waals surface area contributed by atoms with Crippen molar-refractivity contribution in [3.63, 3.8) is 0 Å². The van der Waals surface area contributed by atoms with Crippen LogP contribution >= 0.6 is 0 Å². The summed E-state index contributed by atoms with van der Waals surface area (Å²) in [6.07, 6.45) is 0.752. The number of nitrogens with zero attached hydrogens (tertiary/aromatic N) is 1. The van der Waals surface area contributed by atoms with Gasteiger partial charge in [-0.1, -0.05) is 18.2 Å². The molecular formula is C15H17NO4. The van der Waals surface area contributed by atoms with Gasteiger partial charge >= 0.3 is 0 Å². The third kappa shape index (κ3) is 2.67. The van der Waals surface area contributed by atoms with Crippen LogP contribution in [0.4, 0.5) is 0 Å². The van der Waals surface area contributed by atoms with Gasteiger partial charge in [0.05, 0.1) is 19.3 Å². The molecule has 0 aliphatic carbocycles. The van der Waals surface area contributed by atoms with Gasteiger partial charge in [0.15, 0.2) is 5.75 Å². The lowest BCUT2D eigenvalue weighted by Gasteiger charge is -2.18. The quantitative estimate of drug-likeness (QED) is 0.889. The fourth-order valence-electron chi connectivity index (χ4n) is 2.09. The molecule has 20 heavy (non-hydrogen) atoms. The summed E-state index contributed by atoms with van der Waals surface area (Å²) in [7, 11) is 1.54. The Morgan fingerprint density at radius 1 is 1.30 bits per heavy atom. The summed E-state index contributed by atoms with van der Waals surface area (Å²) in [5.41, 5.74) is 0.657. The number of methoxy groups -OCH3 is 1. The van der Waals surface area contributed by atoms with Crippen molar-refractivity contribution in [1.29, 1.82) is 0 Å². The molecule has 0 spiro atoms. The molecule has 1 atom stereocenters. The van der Waals surface area contributed by atoms with Crippen LogP contribution in [0.2, 0.25) is 0 Å². The maximum Gasteiger partial charge on any atom is 0.223 e. The summed E-state index contributed by atoms with van der Waals surface area (Å²) in [5.74, 6) is 0.308. The van der Waals surface area contributed by atoms with Crippen molar-refractivity contribution in [2.24, 2.45) is 0 Å². The molecule has 1 heterocycles. The molecule has 0 amide bonds. The van der Waals surface area contributed by atoms with Crippen LogP contribution in [0.1, 0.15) is 17.4 Å². The highest BCUT2D eigenvalue weighted by atomic mass is 16.5. The third-order valence-electron chi connectivity index (χ3n) is 3.28. The largest absolute Gasteiger partial charge is 0.503 e. The number of para-hydroxylation sites is 1. The lowest BCUT2D eigenvalue weighted by atomic mass is 10.1. The highest BCUT2D eigenvalue weighted by Gasteiger charge is 2.15. The van der Waals surface area contributed by atoms with E-state index in [1.807, 2.05) is 12.1 Å². The van der Waals surface area contributed by atoms with Crippen LogP contribution in [-0.4, -0.2) is 21.9 Å². The van der Waals surface area contributed by atoms with Crippen molar-refractivity contribution in [2.75, 3.05) is 7.11 Å². The van der Waals surface area contributed by atoms with E-state index in [9.17, 15) is 15.0 Å². The first-order valence-electron chi connectivity index (χ1n) is 6.24. The maximum atomic E-state index is 11.3. The second-order valence-corrected chi connectivity index (χ2v) is 4.52. The number of hydrogen-bond donors (Lipinski definition) is 2. The standard InChI is InChI=1S/C15H17NO4/c1-10-15(19)12(17)7-8-16(10)9-13(18)11-5-3-4-6-14(11)20-2/h3-8,13,18-19H,9H2,1-2H3/t13-/m1/s1. The Balaban J connectivity index is 2.30. The van der Waals surface area contributed by atoms with Gasteiger partial charge in [0.2, 0.25) is 5.43 Å². The van der Waals surface area contributed by atoms with Gasteiger partial charge in [0, 0.05) is 17.8 Å². The van der Waals surface area contributed by atoms with E-state index in [4.69, 9.17) is 4.74 Å². The van der Waals surface area contributed by atoms with E-state index in [0.717, 1.165) is 0 Å². The first kappa shape index (κ1) is 14.1. The number of aromatic nitrogens is 1. The molecule has 2 aromatic rings. The first-order chi connectivity index (χ1) is 9.54. The fourth-order valence-corrected chi connectivity index (χ4v) is 2.09. The molecule has 5 heteroatoms. The van der Waals surface area contributed by atoms with Crippen LogP contribution in [0.5, 0.6) is 11.5 Å². The number of rotatable bonds is 4. The highest BCUT2D eigenvalue weighted by Crippen LogP contribution is 2.26. The Morgan fingerprint density at radius 2 is 2.00 bits per heavy atom. The van der Waals surface area contributed by atoms with Crippen molar-refractivity contribution in [2.45, 2.75) is 19.6 Å². The van der Waals surface area contributed by atoms with Crippen LogP contribution in [0, 0.1) is 6.92 Å². The number of ether oxygens (including phenoxy) is 1. The Bertz CT molecular complexity index is 663. The van der Waals surface area contributed by atoms with E-state index in [2.05, 4.69) is 0 Å². The van der Waals surface area contributed by atoms with Crippen LogP contribution in [-0.2, 0) is 6.54 Å². The maximum absolute atomic E-state index is 11.3. The van der Waals surface area contributed by atoms with Gasteiger partial charge in [-0.25, -0.2) is 0 Å².